The van der Waals surface area contributed by atoms with Gasteiger partial charge in [-0.3, -0.25) is 4.79 Å². The molecular formula is C20H20N6O2. The van der Waals surface area contributed by atoms with Gasteiger partial charge in [0.1, 0.15) is 11.9 Å². The fourth-order valence-corrected chi connectivity index (χ4v) is 2.56. The number of hydrogen-bond donors (Lipinski definition) is 2. The van der Waals surface area contributed by atoms with Gasteiger partial charge in [-0.05, 0) is 30.7 Å². The lowest BCUT2D eigenvalue weighted by Crippen LogP contribution is -2.28. The van der Waals surface area contributed by atoms with Gasteiger partial charge in [0.25, 0.3) is 0 Å². The smallest absolute Gasteiger partial charge is 0.247 e. The summed E-state index contributed by atoms with van der Waals surface area (Å²) in [6, 6.07) is 15.0. The summed E-state index contributed by atoms with van der Waals surface area (Å²) >= 11 is 0. The van der Waals surface area contributed by atoms with E-state index in [2.05, 4.69) is 31.9 Å². The van der Waals surface area contributed by atoms with Crippen molar-refractivity contribution in [2.45, 2.75) is 19.3 Å². The van der Waals surface area contributed by atoms with Crippen LogP contribution >= 0.6 is 0 Å². The molecule has 2 aromatic heterocycles. The lowest BCUT2D eigenvalue weighted by atomic mass is 10.2. The third kappa shape index (κ3) is 5.38. The summed E-state index contributed by atoms with van der Waals surface area (Å²) in [6.45, 7) is 0.931. The first-order valence-electron chi connectivity index (χ1n) is 9.00. The number of rotatable bonds is 9. The van der Waals surface area contributed by atoms with E-state index < -0.39 is 0 Å². The van der Waals surface area contributed by atoms with Gasteiger partial charge in [-0.2, -0.15) is 5.26 Å². The molecular weight excluding hydrogens is 356 g/mol. The SMILES string of the molecule is N#Cc1cccnc1NCCNC(=O)CCCc1nnc(-c2ccccc2)o1. The molecule has 28 heavy (non-hydrogen) atoms. The fraction of sp³-hybridized carbons (Fsp3) is 0.250. The first kappa shape index (κ1) is 19.0. The van der Waals surface area contributed by atoms with Crippen molar-refractivity contribution in [2.75, 3.05) is 18.4 Å². The molecule has 8 nitrogen and oxygen atoms in total. The number of aromatic nitrogens is 3. The second kappa shape index (κ2) is 9.83. The van der Waals surface area contributed by atoms with E-state index in [1.165, 1.54) is 0 Å². The molecule has 2 heterocycles. The topological polar surface area (TPSA) is 117 Å². The molecule has 1 aromatic carbocycles. The summed E-state index contributed by atoms with van der Waals surface area (Å²) in [7, 11) is 0. The zero-order valence-electron chi connectivity index (χ0n) is 15.3. The van der Waals surface area contributed by atoms with Crippen molar-refractivity contribution in [1.29, 1.82) is 5.26 Å². The molecule has 0 bridgehead atoms. The fourth-order valence-electron chi connectivity index (χ4n) is 2.56. The number of nitrogens with zero attached hydrogens (tertiary/aromatic N) is 4. The van der Waals surface area contributed by atoms with Crippen LogP contribution in [0.25, 0.3) is 11.5 Å². The summed E-state index contributed by atoms with van der Waals surface area (Å²) in [5.74, 6) is 1.47. The Morgan fingerprint density at radius 1 is 1.11 bits per heavy atom. The third-order valence-corrected chi connectivity index (χ3v) is 3.95. The number of carbonyl (C=O) groups is 1. The van der Waals surface area contributed by atoms with Crippen LogP contribution in [0.5, 0.6) is 0 Å². The molecule has 1 amide bonds. The maximum Gasteiger partial charge on any atom is 0.247 e. The van der Waals surface area contributed by atoms with Crippen LogP contribution in [0.15, 0.2) is 53.1 Å². The van der Waals surface area contributed by atoms with Gasteiger partial charge >= 0.3 is 0 Å². The number of benzene rings is 1. The van der Waals surface area contributed by atoms with Gasteiger partial charge in [-0.25, -0.2) is 4.98 Å². The van der Waals surface area contributed by atoms with Crippen LogP contribution in [0.4, 0.5) is 5.82 Å². The van der Waals surface area contributed by atoms with E-state index in [1.54, 1.807) is 18.3 Å². The Morgan fingerprint density at radius 2 is 1.96 bits per heavy atom. The Balaban J connectivity index is 1.34. The average molecular weight is 376 g/mol. The van der Waals surface area contributed by atoms with Gasteiger partial charge < -0.3 is 15.1 Å². The summed E-state index contributed by atoms with van der Waals surface area (Å²) in [4.78, 5) is 16.0. The maximum absolute atomic E-state index is 11.9. The molecule has 8 heteroatoms. The molecule has 142 valence electrons. The highest BCUT2D eigenvalue weighted by atomic mass is 16.4. The minimum absolute atomic E-state index is 0.0499. The molecule has 0 aliphatic carbocycles. The number of pyridine rings is 1. The largest absolute Gasteiger partial charge is 0.421 e. The molecule has 0 radical (unpaired) electrons. The Bertz CT molecular complexity index is 949. The van der Waals surface area contributed by atoms with Crippen molar-refractivity contribution in [3.8, 4) is 17.5 Å². The normalized spacial score (nSPS) is 10.2. The lowest BCUT2D eigenvalue weighted by molar-refractivity contribution is -0.121. The molecule has 3 rings (SSSR count). The van der Waals surface area contributed by atoms with Crippen molar-refractivity contribution >= 4 is 11.7 Å². The van der Waals surface area contributed by atoms with Gasteiger partial charge in [0.05, 0.1) is 5.56 Å². The number of amides is 1. The number of anilines is 1. The quantitative estimate of drug-likeness (QED) is 0.551. The summed E-state index contributed by atoms with van der Waals surface area (Å²) in [5.41, 5.74) is 1.35. The Kier molecular flexibility index (Phi) is 6.68. The van der Waals surface area contributed by atoms with Crippen LogP contribution in [0, 0.1) is 11.3 Å². The van der Waals surface area contributed by atoms with Gasteiger partial charge in [0.15, 0.2) is 0 Å². The van der Waals surface area contributed by atoms with Crippen LogP contribution < -0.4 is 10.6 Å². The van der Waals surface area contributed by atoms with E-state index in [4.69, 9.17) is 9.68 Å². The highest BCUT2D eigenvalue weighted by Gasteiger charge is 2.09. The second-order valence-electron chi connectivity index (χ2n) is 6.01. The zero-order chi connectivity index (χ0) is 19.6. The molecule has 3 aromatic rings. The summed E-state index contributed by atoms with van der Waals surface area (Å²) in [5, 5.41) is 22.9. The van der Waals surface area contributed by atoms with Gasteiger partial charge in [-0.15, -0.1) is 10.2 Å². The van der Waals surface area contributed by atoms with E-state index in [0.29, 0.717) is 55.5 Å². The average Bonchev–Trinajstić information content (AvgIpc) is 3.21. The van der Waals surface area contributed by atoms with Crippen molar-refractivity contribution in [3.05, 3.63) is 60.1 Å². The lowest BCUT2D eigenvalue weighted by Gasteiger charge is -2.08. The van der Waals surface area contributed by atoms with Gasteiger partial charge in [0.2, 0.25) is 17.7 Å². The molecule has 0 spiro atoms. The Labute approximate surface area is 162 Å². The zero-order valence-corrected chi connectivity index (χ0v) is 15.3. The molecule has 0 fully saturated rings. The number of nitriles is 1. The van der Waals surface area contributed by atoms with Crippen LogP contribution in [-0.2, 0) is 11.2 Å². The number of hydrogen-bond acceptors (Lipinski definition) is 7. The predicted octanol–water partition coefficient (Wildman–Crippen LogP) is 2.55. The van der Waals surface area contributed by atoms with Crippen LogP contribution in [0.2, 0.25) is 0 Å². The van der Waals surface area contributed by atoms with Gasteiger partial charge in [-0.1, -0.05) is 18.2 Å². The molecule has 0 unspecified atom stereocenters. The standard InChI is InChI=1S/C20H20N6O2/c21-14-16-8-5-11-23-19(16)24-13-12-22-17(27)9-4-10-18-25-26-20(28-18)15-6-2-1-3-7-15/h1-3,5-8,11H,4,9-10,12-13H2,(H,22,27)(H,23,24). The first-order chi connectivity index (χ1) is 13.8. The molecule has 0 aliphatic rings. The van der Waals surface area contributed by atoms with Crippen molar-refractivity contribution < 1.29 is 9.21 Å². The van der Waals surface area contributed by atoms with Crippen LogP contribution in [0.1, 0.15) is 24.3 Å². The molecule has 0 saturated heterocycles. The van der Waals surface area contributed by atoms with Gasteiger partial charge in [0, 0.05) is 37.7 Å². The highest BCUT2D eigenvalue weighted by Crippen LogP contribution is 2.17. The molecule has 0 atom stereocenters. The Morgan fingerprint density at radius 3 is 2.79 bits per heavy atom. The monoisotopic (exact) mass is 376 g/mol. The highest BCUT2D eigenvalue weighted by molar-refractivity contribution is 5.75. The van der Waals surface area contributed by atoms with E-state index in [-0.39, 0.29) is 5.91 Å². The van der Waals surface area contributed by atoms with E-state index in [0.717, 1.165) is 5.56 Å². The minimum atomic E-state index is -0.0499. The van der Waals surface area contributed by atoms with Crippen LogP contribution in [0.3, 0.4) is 0 Å². The maximum atomic E-state index is 11.9. The van der Waals surface area contributed by atoms with Crippen molar-refractivity contribution in [3.63, 3.8) is 0 Å². The number of carbonyl (C=O) groups excluding carboxylic acids is 1. The third-order valence-electron chi connectivity index (χ3n) is 3.95. The number of nitrogens with one attached hydrogen (secondary N) is 2. The number of aryl methyl sites for hydroxylation is 1. The second-order valence-corrected chi connectivity index (χ2v) is 6.01. The van der Waals surface area contributed by atoms with Crippen LogP contribution in [-0.4, -0.2) is 34.2 Å². The first-order valence-corrected chi connectivity index (χ1v) is 9.00. The summed E-state index contributed by atoms with van der Waals surface area (Å²) in [6.07, 6.45) is 3.15. The van der Waals surface area contributed by atoms with Crippen molar-refractivity contribution in [2.24, 2.45) is 0 Å². The molecule has 0 saturated carbocycles. The molecule has 0 aliphatic heterocycles. The minimum Gasteiger partial charge on any atom is -0.421 e. The van der Waals surface area contributed by atoms with Crippen molar-refractivity contribution in [1.82, 2.24) is 20.5 Å². The Hall–Kier alpha value is -3.73. The van der Waals surface area contributed by atoms with E-state index in [9.17, 15) is 4.79 Å². The summed E-state index contributed by atoms with van der Waals surface area (Å²) < 4.78 is 5.62. The molecule has 2 N–H and O–H groups in total. The predicted molar refractivity (Wildman–Crippen MR) is 103 cm³/mol. The van der Waals surface area contributed by atoms with E-state index >= 15 is 0 Å². The van der Waals surface area contributed by atoms with E-state index in [1.807, 2.05) is 30.3 Å².